The first-order valence-electron chi connectivity index (χ1n) is 8.84. The van der Waals surface area contributed by atoms with Crippen LogP contribution < -0.4 is 16.0 Å². The molecule has 8 heteroatoms. The quantitative estimate of drug-likeness (QED) is 0.335. The van der Waals surface area contributed by atoms with Crippen LogP contribution in [0.5, 0.6) is 0 Å². The maximum atomic E-state index is 13.7. The Hall–Kier alpha value is -2.23. The highest BCUT2D eigenvalue weighted by Crippen LogP contribution is 2.31. The molecular weight excluding hydrogens is 477 g/mol. The minimum Gasteiger partial charge on any atom is -0.356 e. The van der Waals surface area contributed by atoms with Crippen LogP contribution in [0.2, 0.25) is 0 Å². The normalized spacial score (nSPS) is 15.9. The number of benzene rings is 2. The summed E-state index contributed by atoms with van der Waals surface area (Å²) in [4.78, 5) is 16.0. The summed E-state index contributed by atoms with van der Waals surface area (Å²) in [6.07, 6.45) is 0.731. The van der Waals surface area contributed by atoms with E-state index in [-0.39, 0.29) is 35.8 Å². The number of amides is 1. The predicted molar refractivity (Wildman–Crippen MR) is 117 cm³/mol. The zero-order valence-electron chi connectivity index (χ0n) is 15.5. The van der Waals surface area contributed by atoms with E-state index in [2.05, 4.69) is 20.9 Å². The number of fused-ring (bicyclic) bond motifs is 1. The molecule has 1 aliphatic rings. The summed E-state index contributed by atoms with van der Waals surface area (Å²) in [5.41, 5.74) is 2.24. The van der Waals surface area contributed by atoms with Crippen LogP contribution in [-0.4, -0.2) is 32.0 Å². The van der Waals surface area contributed by atoms with Gasteiger partial charge >= 0.3 is 0 Å². The van der Waals surface area contributed by atoms with Crippen LogP contribution in [0.15, 0.2) is 47.5 Å². The number of anilines is 1. The Bertz CT molecular complexity index is 860. The lowest BCUT2D eigenvalue weighted by Gasteiger charge is -2.26. The topological polar surface area (TPSA) is 65.5 Å². The fourth-order valence-electron chi connectivity index (χ4n) is 3.18. The van der Waals surface area contributed by atoms with Crippen molar-refractivity contribution < 1.29 is 13.6 Å². The van der Waals surface area contributed by atoms with Gasteiger partial charge in [0.2, 0.25) is 5.91 Å². The summed E-state index contributed by atoms with van der Waals surface area (Å²) in [7, 11) is 1.64. The van der Waals surface area contributed by atoms with Gasteiger partial charge in [-0.05, 0) is 29.7 Å². The van der Waals surface area contributed by atoms with Crippen molar-refractivity contribution >= 4 is 41.5 Å². The van der Waals surface area contributed by atoms with Gasteiger partial charge in [0.25, 0.3) is 0 Å². The van der Waals surface area contributed by atoms with Gasteiger partial charge in [0, 0.05) is 38.2 Å². The van der Waals surface area contributed by atoms with E-state index < -0.39 is 11.6 Å². The molecule has 2 aromatic rings. The molecule has 1 atom stereocenters. The number of nitrogens with one attached hydrogen (secondary N) is 3. The fourth-order valence-corrected chi connectivity index (χ4v) is 3.18. The Kier molecular flexibility index (Phi) is 8.16. The molecule has 0 fully saturated rings. The predicted octanol–water partition coefficient (Wildman–Crippen LogP) is 3.42. The van der Waals surface area contributed by atoms with E-state index in [1.807, 2.05) is 24.3 Å². The second kappa shape index (κ2) is 10.4. The van der Waals surface area contributed by atoms with Crippen LogP contribution in [-0.2, 0) is 11.2 Å². The standard InChI is InChI=1S/C20H22F2N4O.HI/c1-23-20(24-10-9-13-5-4-7-16(21)19(13)22)25-12-14-11-18(27)26-17-8-3-2-6-15(14)17;/h2-8,14H,9-12H2,1H3,(H,26,27)(H2,23,24,25);1H. The van der Waals surface area contributed by atoms with Crippen LogP contribution in [0, 0.1) is 11.6 Å². The van der Waals surface area contributed by atoms with Crippen molar-refractivity contribution in [3.05, 3.63) is 65.2 Å². The number of rotatable bonds is 5. The highest BCUT2D eigenvalue weighted by molar-refractivity contribution is 14.0. The number of carbonyl (C=O) groups excluding carboxylic acids is 1. The van der Waals surface area contributed by atoms with Gasteiger partial charge in [0.05, 0.1) is 0 Å². The highest BCUT2D eigenvalue weighted by Gasteiger charge is 2.24. The molecule has 3 N–H and O–H groups in total. The molecule has 0 spiro atoms. The average Bonchev–Trinajstić information content (AvgIpc) is 2.67. The van der Waals surface area contributed by atoms with Crippen molar-refractivity contribution in [2.45, 2.75) is 18.8 Å². The third-order valence-corrected chi connectivity index (χ3v) is 4.56. The van der Waals surface area contributed by atoms with E-state index in [0.717, 1.165) is 17.3 Å². The molecular formula is C20H23F2IN4O. The van der Waals surface area contributed by atoms with Crippen molar-refractivity contribution in [2.75, 3.05) is 25.5 Å². The molecule has 1 unspecified atom stereocenters. The van der Waals surface area contributed by atoms with Gasteiger partial charge in [0.15, 0.2) is 17.6 Å². The number of carbonyl (C=O) groups is 1. The van der Waals surface area contributed by atoms with Crippen LogP contribution in [0.3, 0.4) is 0 Å². The van der Waals surface area contributed by atoms with E-state index >= 15 is 0 Å². The van der Waals surface area contributed by atoms with Gasteiger partial charge in [-0.15, -0.1) is 24.0 Å². The van der Waals surface area contributed by atoms with E-state index in [1.165, 1.54) is 6.07 Å². The smallest absolute Gasteiger partial charge is 0.225 e. The summed E-state index contributed by atoms with van der Waals surface area (Å²) in [6.45, 7) is 0.945. The Morgan fingerprint density at radius 1 is 1.18 bits per heavy atom. The van der Waals surface area contributed by atoms with Crippen molar-refractivity contribution in [3.8, 4) is 0 Å². The fraction of sp³-hybridized carbons (Fsp3) is 0.300. The number of halogens is 3. The largest absolute Gasteiger partial charge is 0.356 e. The zero-order chi connectivity index (χ0) is 19.2. The zero-order valence-corrected chi connectivity index (χ0v) is 17.8. The third-order valence-electron chi connectivity index (χ3n) is 4.56. The number of para-hydroxylation sites is 1. The number of guanidine groups is 1. The molecule has 0 aliphatic carbocycles. The Labute approximate surface area is 180 Å². The summed E-state index contributed by atoms with van der Waals surface area (Å²) in [5.74, 6) is -1.08. The summed E-state index contributed by atoms with van der Waals surface area (Å²) < 4.78 is 26.9. The molecule has 2 aromatic carbocycles. The molecule has 0 aromatic heterocycles. The minimum absolute atomic E-state index is 0. The molecule has 28 heavy (non-hydrogen) atoms. The van der Waals surface area contributed by atoms with Gasteiger partial charge in [-0.3, -0.25) is 9.79 Å². The van der Waals surface area contributed by atoms with Crippen molar-refractivity contribution in [1.29, 1.82) is 0 Å². The summed E-state index contributed by atoms with van der Waals surface area (Å²) in [5, 5.41) is 9.17. The SMILES string of the molecule is CN=C(NCCc1cccc(F)c1F)NCC1CC(=O)Nc2ccccc21.I. The Morgan fingerprint density at radius 2 is 1.96 bits per heavy atom. The maximum absolute atomic E-state index is 13.7. The number of nitrogens with zero attached hydrogens (tertiary/aromatic N) is 1. The molecule has 150 valence electrons. The highest BCUT2D eigenvalue weighted by atomic mass is 127. The number of hydrogen-bond acceptors (Lipinski definition) is 2. The minimum atomic E-state index is -0.843. The lowest BCUT2D eigenvalue weighted by molar-refractivity contribution is -0.116. The first kappa shape index (κ1) is 22.1. The molecule has 3 rings (SSSR count). The van der Waals surface area contributed by atoms with E-state index in [1.54, 1.807) is 13.1 Å². The molecule has 1 heterocycles. The van der Waals surface area contributed by atoms with Gasteiger partial charge in [-0.2, -0.15) is 0 Å². The van der Waals surface area contributed by atoms with E-state index in [9.17, 15) is 13.6 Å². The second-order valence-electron chi connectivity index (χ2n) is 6.38. The molecule has 5 nitrogen and oxygen atoms in total. The molecule has 1 amide bonds. The lowest BCUT2D eigenvalue weighted by Crippen LogP contribution is -2.41. The van der Waals surface area contributed by atoms with E-state index in [4.69, 9.17) is 0 Å². The number of aliphatic imine (C=N–C) groups is 1. The Balaban J connectivity index is 0.00000280. The van der Waals surface area contributed by atoms with Crippen LogP contribution >= 0.6 is 24.0 Å². The molecule has 0 bridgehead atoms. The average molecular weight is 500 g/mol. The molecule has 0 saturated carbocycles. The summed E-state index contributed by atoms with van der Waals surface area (Å²) >= 11 is 0. The van der Waals surface area contributed by atoms with Crippen LogP contribution in [0.25, 0.3) is 0 Å². The summed E-state index contributed by atoms with van der Waals surface area (Å²) in [6, 6.07) is 11.9. The lowest BCUT2D eigenvalue weighted by atomic mass is 9.90. The molecule has 0 saturated heterocycles. The Morgan fingerprint density at radius 3 is 2.75 bits per heavy atom. The monoisotopic (exact) mass is 500 g/mol. The first-order valence-corrected chi connectivity index (χ1v) is 8.84. The molecule has 1 aliphatic heterocycles. The third kappa shape index (κ3) is 5.40. The van der Waals surface area contributed by atoms with Crippen molar-refractivity contribution in [1.82, 2.24) is 10.6 Å². The van der Waals surface area contributed by atoms with Crippen molar-refractivity contribution in [2.24, 2.45) is 4.99 Å². The van der Waals surface area contributed by atoms with Gasteiger partial charge < -0.3 is 16.0 Å². The van der Waals surface area contributed by atoms with Gasteiger partial charge in [-0.25, -0.2) is 8.78 Å². The van der Waals surface area contributed by atoms with Crippen LogP contribution in [0.1, 0.15) is 23.5 Å². The molecule has 0 radical (unpaired) electrons. The second-order valence-corrected chi connectivity index (χ2v) is 6.38. The van der Waals surface area contributed by atoms with Gasteiger partial charge in [0.1, 0.15) is 0 Å². The number of hydrogen-bond donors (Lipinski definition) is 3. The first-order chi connectivity index (χ1) is 13.1. The van der Waals surface area contributed by atoms with Crippen LogP contribution in [0.4, 0.5) is 14.5 Å². The van der Waals surface area contributed by atoms with Crippen molar-refractivity contribution in [3.63, 3.8) is 0 Å². The maximum Gasteiger partial charge on any atom is 0.225 e. The van der Waals surface area contributed by atoms with E-state index in [0.29, 0.717) is 37.5 Å². The van der Waals surface area contributed by atoms with Gasteiger partial charge in [-0.1, -0.05) is 30.3 Å².